The highest BCUT2D eigenvalue weighted by molar-refractivity contribution is 9.10. The van der Waals surface area contributed by atoms with Crippen LogP contribution in [-0.4, -0.2) is 31.4 Å². The molecule has 1 N–H and O–H groups in total. The van der Waals surface area contributed by atoms with Crippen LogP contribution in [0.2, 0.25) is 0 Å². The maximum absolute atomic E-state index is 9.95. The van der Waals surface area contributed by atoms with Crippen LogP contribution in [-0.2, 0) is 0 Å². The SMILES string of the molecule is COc1ccc(-c2csc(/C(C#N)=C\c3cc(Br)c(O)c(OC)c3)n2)cc1OC. The molecule has 0 radical (unpaired) electrons. The topological polar surface area (TPSA) is 84.6 Å². The van der Waals surface area contributed by atoms with Gasteiger partial charge in [-0.15, -0.1) is 11.3 Å². The van der Waals surface area contributed by atoms with E-state index in [1.165, 1.54) is 18.4 Å². The fraction of sp³-hybridized carbons (Fsp3) is 0.143. The number of hydrogen-bond acceptors (Lipinski definition) is 7. The van der Waals surface area contributed by atoms with Gasteiger partial charge in [-0.3, -0.25) is 0 Å². The van der Waals surface area contributed by atoms with Crippen LogP contribution in [0.5, 0.6) is 23.0 Å². The summed E-state index contributed by atoms with van der Waals surface area (Å²) >= 11 is 4.66. The van der Waals surface area contributed by atoms with E-state index >= 15 is 0 Å². The number of nitrogens with zero attached hydrogens (tertiary/aromatic N) is 2. The third-order valence-electron chi connectivity index (χ3n) is 4.12. The Bertz CT molecular complexity index is 1120. The van der Waals surface area contributed by atoms with Gasteiger partial charge < -0.3 is 19.3 Å². The maximum atomic E-state index is 9.95. The largest absolute Gasteiger partial charge is 0.503 e. The van der Waals surface area contributed by atoms with Gasteiger partial charge in [0, 0.05) is 10.9 Å². The van der Waals surface area contributed by atoms with E-state index in [0.717, 1.165) is 11.3 Å². The number of benzene rings is 2. The number of methoxy groups -OCH3 is 3. The van der Waals surface area contributed by atoms with E-state index in [9.17, 15) is 10.4 Å². The lowest BCUT2D eigenvalue weighted by Gasteiger charge is -2.08. The third kappa shape index (κ3) is 4.36. The second-order valence-electron chi connectivity index (χ2n) is 5.83. The molecule has 8 heteroatoms. The van der Waals surface area contributed by atoms with Crippen LogP contribution in [0.1, 0.15) is 10.6 Å². The number of hydrogen-bond donors (Lipinski definition) is 1. The average Bonchev–Trinajstić information content (AvgIpc) is 3.23. The number of nitriles is 1. The Labute approximate surface area is 180 Å². The van der Waals surface area contributed by atoms with Gasteiger partial charge in [-0.05, 0) is 57.9 Å². The number of rotatable bonds is 6. The second kappa shape index (κ2) is 8.99. The van der Waals surface area contributed by atoms with E-state index in [0.29, 0.717) is 37.9 Å². The lowest BCUT2D eigenvalue weighted by molar-refractivity contribution is 0.355. The zero-order valence-electron chi connectivity index (χ0n) is 15.9. The molecule has 2 aromatic carbocycles. The highest BCUT2D eigenvalue weighted by atomic mass is 79.9. The summed E-state index contributed by atoms with van der Waals surface area (Å²) in [5, 5.41) is 22.1. The van der Waals surface area contributed by atoms with Gasteiger partial charge in [0.05, 0.1) is 37.1 Å². The number of allylic oxidation sites excluding steroid dienone is 1. The van der Waals surface area contributed by atoms with E-state index in [1.54, 1.807) is 32.4 Å². The number of ether oxygens (including phenoxy) is 3. The van der Waals surface area contributed by atoms with Crippen molar-refractivity contribution >= 4 is 38.9 Å². The smallest absolute Gasteiger partial charge is 0.172 e. The summed E-state index contributed by atoms with van der Waals surface area (Å²) in [5.41, 5.74) is 2.69. The fourth-order valence-electron chi connectivity index (χ4n) is 2.67. The summed E-state index contributed by atoms with van der Waals surface area (Å²) < 4.78 is 16.3. The molecule has 148 valence electrons. The molecule has 3 aromatic rings. The minimum Gasteiger partial charge on any atom is -0.503 e. The van der Waals surface area contributed by atoms with E-state index in [2.05, 4.69) is 27.0 Å². The lowest BCUT2D eigenvalue weighted by atomic mass is 10.1. The van der Waals surface area contributed by atoms with Crippen molar-refractivity contribution in [2.24, 2.45) is 0 Å². The van der Waals surface area contributed by atoms with Gasteiger partial charge in [-0.2, -0.15) is 5.26 Å². The molecule has 0 saturated heterocycles. The summed E-state index contributed by atoms with van der Waals surface area (Å²) in [7, 11) is 4.63. The molecule has 0 bridgehead atoms. The van der Waals surface area contributed by atoms with E-state index < -0.39 is 0 Å². The van der Waals surface area contributed by atoms with Gasteiger partial charge in [0.25, 0.3) is 0 Å². The molecule has 0 aliphatic carbocycles. The standard InChI is InChI=1S/C21H17BrN2O4S/c1-26-17-5-4-13(9-18(17)27-2)16-11-29-21(24-16)14(10-23)6-12-7-15(22)20(25)19(8-12)28-3/h4-9,11,25H,1-3H3/b14-6-. The monoisotopic (exact) mass is 472 g/mol. The third-order valence-corrected chi connectivity index (χ3v) is 5.60. The first kappa shape index (κ1) is 20.7. The molecule has 1 aromatic heterocycles. The van der Waals surface area contributed by atoms with Crippen LogP contribution in [0.25, 0.3) is 22.9 Å². The summed E-state index contributed by atoms with van der Waals surface area (Å²) in [5.74, 6) is 1.56. The van der Waals surface area contributed by atoms with E-state index in [-0.39, 0.29) is 5.75 Å². The van der Waals surface area contributed by atoms with Crippen molar-refractivity contribution in [3.8, 4) is 40.3 Å². The molecule has 0 spiro atoms. The van der Waals surface area contributed by atoms with Crippen LogP contribution in [0, 0.1) is 11.3 Å². The number of aromatic hydroxyl groups is 1. The highest BCUT2D eigenvalue weighted by Crippen LogP contribution is 2.37. The lowest BCUT2D eigenvalue weighted by Crippen LogP contribution is -1.91. The fourth-order valence-corrected chi connectivity index (χ4v) is 3.92. The van der Waals surface area contributed by atoms with E-state index in [4.69, 9.17) is 14.2 Å². The predicted molar refractivity (Wildman–Crippen MR) is 116 cm³/mol. The number of aromatic nitrogens is 1. The minimum atomic E-state index is 0.00754. The predicted octanol–water partition coefficient (Wildman–Crippen LogP) is 5.37. The Morgan fingerprint density at radius 3 is 2.48 bits per heavy atom. The van der Waals surface area contributed by atoms with Crippen LogP contribution in [0.3, 0.4) is 0 Å². The van der Waals surface area contributed by atoms with Crippen molar-refractivity contribution in [3.63, 3.8) is 0 Å². The van der Waals surface area contributed by atoms with Crippen LogP contribution < -0.4 is 14.2 Å². The van der Waals surface area contributed by atoms with Gasteiger partial charge >= 0.3 is 0 Å². The van der Waals surface area contributed by atoms with Crippen LogP contribution >= 0.6 is 27.3 Å². The molecule has 0 amide bonds. The molecule has 3 rings (SSSR count). The van der Waals surface area contributed by atoms with Gasteiger partial charge in [0.2, 0.25) is 0 Å². The number of phenolic OH excluding ortho intramolecular Hbond substituents is 1. The van der Waals surface area contributed by atoms with Gasteiger partial charge in [0.15, 0.2) is 23.0 Å². The van der Waals surface area contributed by atoms with Crippen molar-refractivity contribution in [2.75, 3.05) is 21.3 Å². The zero-order chi connectivity index (χ0) is 21.0. The molecule has 6 nitrogen and oxygen atoms in total. The Morgan fingerprint density at radius 2 is 1.83 bits per heavy atom. The Hall–Kier alpha value is -3.02. The second-order valence-corrected chi connectivity index (χ2v) is 7.54. The van der Waals surface area contributed by atoms with Crippen molar-refractivity contribution in [1.29, 1.82) is 5.26 Å². The molecule has 0 atom stereocenters. The van der Waals surface area contributed by atoms with Crippen molar-refractivity contribution < 1.29 is 19.3 Å². The van der Waals surface area contributed by atoms with Crippen LogP contribution in [0.4, 0.5) is 0 Å². The average molecular weight is 473 g/mol. The van der Waals surface area contributed by atoms with Gasteiger partial charge in [0.1, 0.15) is 11.1 Å². The first-order valence-corrected chi connectivity index (χ1v) is 10.0. The molecule has 0 aliphatic rings. The summed E-state index contributed by atoms with van der Waals surface area (Å²) in [6.07, 6.45) is 1.70. The summed E-state index contributed by atoms with van der Waals surface area (Å²) in [6.45, 7) is 0. The Morgan fingerprint density at radius 1 is 1.10 bits per heavy atom. The quantitative estimate of drug-likeness (QED) is 0.485. The zero-order valence-corrected chi connectivity index (χ0v) is 18.3. The van der Waals surface area contributed by atoms with Gasteiger partial charge in [-0.1, -0.05) is 0 Å². The molecule has 0 aliphatic heterocycles. The molecular formula is C21H17BrN2O4S. The maximum Gasteiger partial charge on any atom is 0.172 e. The number of thiazole rings is 1. The van der Waals surface area contributed by atoms with Crippen molar-refractivity contribution in [3.05, 3.63) is 50.8 Å². The Balaban J connectivity index is 1.97. The first-order chi connectivity index (χ1) is 14.0. The Kier molecular flexibility index (Phi) is 6.42. The number of phenols is 1. The van der Waals surface area contributed by atoms with Crippen molar-refractivity contribution in [2.45, 2.75) is 0 Å². The first-order valence-electron chi connectivity index (χ1n) is 8.37. The summed E-state index contributed by atoms with van der Waals surface area (Å²) in [6, 6.07) is 11.1. The molecular weight excluding hydrogens is 456 g/mol. The van der Waals surface area contributed by atoms with E-state index in [1.807, 2.05) is 23.6 Å². The molecule has 0 saturated carbocycles. The van der Waals surface area contributed by atoms with Crippen molar-refractivity contribution in [1.82, 2.24) is 4.98 Å². The molecule has 29 heavy (non-hydrogen) atoms. The molecule has 0 unspecified atom stereocenters. The normalized spacial score (nSPS) is 11.1. The number of halogens is 1. The highest BCUT2D eigenvalue weighted by Gasteiger charge is 2.13. The molecule has 1 heterocycles. The minimum absolute atomic E-state index is 0.00754. The molecule has 0 fully saturated rings. The van der Waals surface area contributed by atoms with Crippen LogP contribution in [0.15, 0.2) is 40.2 Å². The summed E-state index contributed by atoms with van der Waals surface area (Å²) in [4.78, 5) is 4.60. The van der Waals surface area contributed by atoms with Gasteiger partial charge in [-0.25, -0.2) is 4.98 Å².